The van der Waals surface area contributed by atoms with Gasteiger partial charge in [0.2, 0.25) is 0 Å². The average Bonchev–Trinajstić information content (AvgIpc) is 2.38. The highest BCUT2D eigenvalue weighted by Gasteiger charge is 2.31. The third kappa shape index (κ3) is 2.25. The fourth-order valence-corrected chi connectivity index (χ4v) is 2.73. The maximum atomic E-state index is 5.89. The van der Waals surface area contributed by atoms with E-state index in [1.807, 2.05) is 12.3 Å². The largest absolute Gasteiger partial charge is 0.330 e. The quantitative estimate of drug-likeness (QED) is 0.843. The summed E-state index contributed by atoms with van der Waals surface area (Å²) >= 11 is 0. The van der Waals surface area contributed by atoms with E-state index in [1.54, 1.807) is 0 Å². The maximum Gasteiger partial charge on any atom is 0.0578 e. The molecule has 2 atom stereocenters. The van der Waals surface area contributed by atoms with Gasteiger partial charge in [-0.05, 0) is 50.5 Å². The second-order valence-electron chi connectivity index (χ2n) is 4.47. The lowest BCUT2D eigenvalue weighted by atomic mass is 9.87. The zero-order valence-electron chi connectivity index (χ0n) is 9.97. The third-order valence-electron chi connectivity index (χ3n) is 3.56. The standard InChI is InChI=1S/C13H21N3/c1-2-16-9-5-6-11(10-14)13(16)12-7-3-4-8-15-12/h3-4,7-8,11,13H,2,5-6,9-10,14H2,1H3/t11-,13+/m1/s1. The van der Waals surface area contributed by atoms with E-state index in [9.17, 15) is 0 Å². The molecule has 2 N–H and O–H groups in total. The van der Waals surface area contributed by atoms with Crippen molar-refractivity contribution in [2.45, 2.75) is 25.8 Å². The molecule has 0 saturated carbocycles. The van der Waals surface area contributed by atoms with Gasteiger partial charge in [0.05, 0.1) is 11.7 Å². The molecule has 0 radical (unpaired) electrons. The molecule has 3 nitrogen and oxygen atoms in total. The Balaban J connectivity index is 2.24. The molecule has 1 aliphatic rings. The van der Waals surface area contributed by atoms with Crippen LogP contribution in [0.1, 0.15) is 31.5 Å². The fourth-order valence-electron chi connectivity index (χ4n) is 2.73. The Morgan fingerprint density at radius 1 is 1.50 bits per heavy atom. The Morgan fingerprint density at radius 2 is 2.38 bits per heavy atom. The smallest absolute Gasteiger partial charge is 0.0578 e. The van der Waals surface area contributed by atoms with E-state index in [2.05, 4.69) is 28.9 Å². The van der Waals surface area contributed by atoms with Crippen molar-refractivity contribution in [2.75, 3.05) is 19.6 Å². The molecule has 3 heteroatoms. The zero-order valence-corrected chi connectivity index (χ0v) is 9.97. The summed E-state index contributed by atoms with van der Waals surface area (Å²) < 4.78 is 0. The normalized spacial score (nSPS) is 26.9. The van der Waals surface area contributed by atoms with Crippen LogP contribution in [0.2, 0.25) is 0 Å². The molecule has 1 aromatic heterocycles. The Bertz CT molecular complexity index is 300. The van der Waals surface area contributed by atoms with Crippen molar-refractivity contribution < 1.29 is 0 Å². The molecule has 0 bridgehead atoms. The predicted molar refractivity (Wildman–Crippen MR) is 66.0 cm³/mol. The number of piperidine rings is 1. The number of nitrogens with zero attached hydrogens (tertiary/aromatic N) is 2. The van der Waals surface area contributed by atoms with Gasteiger partial charge >= 0.3 is 0 Å². The van der Waals surface area contributed by atoms with Gasteiger partial charge in [-0.1, -0.05) is 13.0 Å². The maximum absolute atomic E-state index is 5.89. The monoisotopic (exact) mass is 219 g/mol. The van der Waals surface area contributed by atoms with Crippen LogP contribution in [0.25, 0.3) is 0 Å². The fraction of sp³-hybridized carbons (Fsp3) is 0.615. The van der Waals surface area contributed by atoms with Crippen LogP contribution in [0.15, 0.2) is 24.4 Å². The van der Waals surface area contributed by atoms with E-state index in [4.69, 9.17) is 5.73 Å². The van der Waals surface area contributed by atoms with Crippen molar-refractivity contribution >= 4 is 0 Å². The Labute approximate surface area is 97.7 Å². The molecular formula is C13H21N3. The molecule has 0 unspecified atom stereocenters. The van der Waals surface area contributed by atoms with Gasteiger partial charge in [-0.2, -0.15) is 0 Å². The van der Waals surface area contributed by atoms with Crippen molar-refractivity contribution in [3.63, 3.8) is 0 Å². The minimum Gasteiger partial charge on any atom is -0.330 e. The van der Waals surface area contributed by atoms with Crippen molar-refractivity contribution in [1.29, 1.82) is 0 Å². The topological polar surface area (TPSA) is 42.1 Å². The molecule has 2 rings (SSSR count). The first kappa shape index (κ1) is 11.6. The molecule has 88 valence electrons. The van der Waals surface area contributed by atoms with Crippen LogP contribution in [-0.4, -0.2) is 29.5 Å². The molecular weight excluding hydrogens is 198 g/mol. The Hall–Kier alpha value is -0.930. The summed E-state index contributed by atoms with van der Waals surface area (Å²) in [4.78, 5) is 7.00. The minimum absolute atomic E-state index is 0.421. The van der Waals surface area contributed by atoms with Crippen LogP contribution in [0.5, 0.6) is 0 Å². The first-order chi connectivity index (χ1) is 7.86. The summed E-state index contributed by atoms with van der Waals surface area (Å²) in [6.45, 7) is 5.23. The van der Waals surface area contributed by atoms with E-state index in [1.165, 1.54) is 25.1 Å². The summed E-state index contributed by atoms with van der Waals surface area (Å²) in [5.74, 6) is 0.559. The van der Waals surface area contributed by atoms with E-state index >= 15 is 0 Å². The molecule has 0 spiro atoms. The molecule has 1 saturated heterocycles. The first-order valence-electron chi connectivity index (χ1n) is 6.21. The van der Waals surface area contributed by atoms with E-state index in [0.717, 1.165) is 13.1 Å². The van der Waals surface area contributed by atoms with Crippen LogP contribution in [0.3, 0.4) is 0 Å². The van der Waals surface area contributed by atoms with Gasteiger partial charge in [-0.25, -0.2) is 0 Å². The van der Waals surface area contributed by atoms with Gasteiger partial charge in [0.1, 0.15) is 0 Å². The minimum atomic E-state index is 0.421. The van der Waals surface area contributed by atoms with Crippen molar-refractivity contribution in [3.8, 4) is 0 Å². The van der Waals surface area contributed by atoms with Crippen LogP contribution >= 0.6 is 0 Å². The molecule has 1 aromatic rings. The van der Waals surface area contributed by atoms with Crippen molar-refractivity contribution in [2.24, 2.45) is 11.7 Å². The van der Waals surface area contributed by atoms with Gasteiger partial charge in [-0.3, -0.25) is 9.88 Å². The highest BCUT2D eigenvalue weighted by molar-refractivity contribution is 5.11. The molecule has 1 aliphatic heterocycles. The number of hydrogen-bond acceptors (Lipinski definition) is 3. The zero-order chi connectivity index (χ0) is 11.4. The number of hydrogen-bond donors (Lipinski definition) is 1. The highest BCUT2D eigenvalue weighted by Crippen LogP contribution is 2.33. The summed E-state index contributed by atoms with van der Waals surface area (Å²) in [7, 11) is 0. The second-order valence-corrected chi connectivity index (χ2v) is 4.47. The molecule has 0 aromatic carbocycles. The average molecular weight is 219 g/mol. The molecule has 0 amide bonds. The van der Waals surface area contributed by atoms with Gasteiger partial charge in [0.15, 0.2) is 0 Å². The Morgan fingerprint density at radius 3 is 3.00 bits per heavy atom. The van der Waals surface area contributed by atoms with Crippen LogP contribution in [0, 0.1) is 5.92 Å². The van der Waals surface area contributed by atoms with E-state index < -0.39 is 0 Å². The first-order valence-corrected chi connectivity index (χ1v) is 6.21. The third-order valence-corrected chi connectivity index (χ3v) is 3.56. The van der Waals surface area contributed by atoms with Gasteiger partial charge in [0.25, 0.3) is 0 Å². The lowest BCUT2D eigenvalue weighted by Crippen LogP contribution is -2.41. The Kier molecular flexibility index (Phi) is 3.91. The van der Waals surface area contributed by atoms with Crippen molar-refractivity contribution in [1.82, 2.24) is 9.88 Å². The number of pyridine rings is 1. The highest BCUT2D eigenvalue weighted by atomic mass is 15.2. The number of nitrogens with two attached hydrogens (primary N) is 1. The molecule has 16 heavy (non-hydrogen) atoms. The lowest BCUT2D eigenvalue weighted by Gasteiger charge is -2.40. The lowest BCUT2D eigenvalue weighted by molar-refractivity contribution is 0.0989. The number of rotatable bonds is 3. The molecule has 0 aliphatic carbocycles. The van der Waals surface area contributed by atoms with E-state index in [-0.39, 0.29) is 0 Å². The van der Waals surface area contributed by atoms with Crippen LogP contribution in [0.4, 0.5) is 0 Å². The van der Waals surface area contributed by atoms with Gasteiger partial charge in [0, 0.05) is 6.20 Å². The summed E-state index contributed by atoms with van der Waals surface area (Å²) in [6, 6.07) is 6.59. The van der Waals surface area contributed by atoms with Crippen molar-refractivity contribution in [3.05, 3.63) is 30.1 Å². The molecule has 2 heterocycles. The van der Waals surface area contributed by atoms with Gasteiger partial charge in [-0.15, -0.1) is 0 Å². The predicted octanol–water partition coefficient (Wildman–Crippen LogP) is 1.81. The molecule has 1 fully saturated rings. The van der Waals surface area contributed by atoms with E-state index in [0.29, 0.717) is 12.0 Å². The summed E-state index contributed by atoms with van der Waals surface area (Å²) in [6.07, 6.45) is 4.37. The van der Waals surface area contributed by atoms with Gasteiger partial charge < -0.3 is 5.73 Å². The second kappa shape index (κ2) is 5.41. The van der Waals surface area contributed by atoms with Crippen LogP contribution in [-0.2, 0) is 0 Å². The number of aromatic nitrogens is 1. The number of likely N-dealkylation sites (tertiary alicyclic amines) is 1. The summed E-state index contributed by atoms with van der Waals surface area (Å²) in [5.41, 5.74) is 7.07. The van der Waals surface area contributed by atoms with Crippen LogP contribution < -0.4 is 5.73 Å². The summed E-state index contributed by atoms with van der Waals surface area (Å²) in [5, 5.41) is 0. The SMILES string of the molecule is CCN1CCC[C@H](CN)[C@H]1c1ccccn1.